The fourth-order valence-corrected chi connectivity index (χ4v) is 4.61. The lowest BCUT2D eigenvalue weighted by atomic mass is 10.1. The van der Waals surface area contributed by atoms with E-state index in [4.69, 9.17) is 9.72 Å². The molecule has 0 spiro atoms. The summed E-state index contributed by atoms with van der Waals surface area (Å²) in [5, 5.41) is 0.898. The van der Waals surface area contributed by atoms with E-state index < -0.39 is 5.25 Å². The Morgan fingerprint density at radius 3 is 2.70 bits per heavy atom. The first-order valence-electron chi connectivity index (χ1n) is 9.80. The van der Waals surface area contributed by atoms with Crippen molar-refractivity contribution in [2.75, 3.05) is 7.11 Å². The maximum absolute atomic E-state index is 13.7. The maximum Gasteiger partial charge on any atom is 0.319 e. The van der Waals surface area contributed by atoms with Crippen LogP contribution in [0.5, 0.6) is 0 Å². The van der Waals surface area contributed by atoms with Crippen molar-refractivity contribution in [3.05, 3.63) is 63.9 Å². The van der Waals surface area contributed by atoms with Gasteiger partial charge in [0.2, 0.25) is 0 Å². The highest BCUT2D eigenvalue weighted by molar-refractivity contribution is 8.00. The number of methoxy groups -OCH3 is 1. The number of nitrogens with zero attached hydrogens (tertiary/aromatic N) is 2. The van der Waals surface area contributed by atoms with Gasteiger partial charge in [-0.05, 0) is 43.5 Å². The number of para-hydroxylation sites is 1. The van der Waals surface area contributed by atoms with Crippen molar-refractivity contribution >= 4 is 39.7 Å². The predicted octanol–water partition coefficient (Wildman–Crippen LogP) is 4.53. The highest BCUT2D eigenvalue weighted by Crippen LogP contribution is 2.31. The Bertz CT molecular complexity index is 1320. The number of H-pyrrole nitrogens is 1. The number of ether oxygens (including phenoxy) is 1. The van der Waals surface area contributed by atoms with Gasteiger partial charge in [-0.3, -0.25) is 14.2 Å². The Labute approximate surface area is 178 Å². The van der Waals surface area contributed by atoms with Crippen molar-refractivity contribution in [3.8, 4) is 5.69 Å². The van der Waals surface area contributed by atoms with Crippen molar-refractivity contribution in [1.29, 1.82) is 0 Å². The molecule has 6 nitrogen and oxygen atoms in total. The summed E-state index contributed by atoms with van der Waals surface area (Å²) in [6.45, 7) is 5.91. The molecule has 2 heterocycles. The minimum absolute atomic E-state index is 0.188. The standard InChI is InChI=1S/C23H23N3O3S/c1-5-18(22(28)29-4)30-23-25-19-15-10-6-7-11-16(15)24-20(19)21(27)26(23)17-12-8-9-13(2)14(17)3/h6-12,18,24H,5H2,1-4H3. The first-order valence-corrected chi connectivity index (χ1v) is 10.7. The lowest BCUT2D eigenvalue weighted by Gasteiger charge is -2.18. The average Bonchev–Trinajstić information content (AvgIpc) is 3.13. The van der Waals surface area contributed by atoms with E-state index in [9.17, 15) is 9.59 Å². The number of hydrogen-bond donors (Lipinski definition) is 1. The van der Waals surface area contributed by atoms with Crippen LogP contribution in [0.3, 0.4) is 0 Å². The number of thioether (sulfide) groups is 1. The molecular formula is C23H23N3O3S. The van der Waals surface area contributed by atoms with Crippen LogP contribution in [0, 0.1) is 13.8 Å². The lowest BCUT2D eigenvalue weighted by molar-refractivity contribution is -0.140. The molecule has 1 unspecified atom stereocenters. The zero-order valence-corrected chi connectivity index (χ0v) is 18.2. The Hall–Kier alpha value is -3.06. The number of esters is 1. The molecule has 2 aromatic carbocycles. The quantitative estimate of drug-likeness (QED) is 0.291. The monoisotopic (exact) mass is 421 g/mol. The van der Waals surface area contributed by atoms with Crippen LogP contribution in [-0.4, -0.2) is 32.9 Å². The predicted molar refractivity (Wildman–Crippen MR) is 121 cm³/mol. The number of nitrogens with one attached hydrogen (secondary N) is 1. The molecule has 1 N–H and O–H groups in total. The van der Waals surface area contributed by atoms with E-state index in [1.165, 1.54) is 18.9 Å². The smallest absolute Gasteiger partial charge is 0.319 e. The Morgan fingerprint density at radius 2 is 1.97 bits per heavy atom. The molecule has 1 atom stereocenters. The molecule has 0 radical (unpaired) electrons. The SMILES string of the molecule is CCC(Sc1nc2c([nH]c3ccccc32)c(=O)n1-c1cccc(C)c1C)C(=O)OC. The van der Waals surface area contributed by atoms with E-state index in [0.717, 1.165) is 27.7 Å². The molecule has 0 aliphatic heterocycles. The van der Waals surface area contributed by atoms with Crippen molar-refractivity contribution in [2.24, 2.45) is 0 Å². The number of fused-ring (bicyclic) bond motifs is 3. The van der Waals surface area contributed by atoms with E-state index in [2.05, 4.69) is 4.98 Å². The molecule has 154 valence electrons. The van der Waals surface area contributed by atoms with Gasteiger partial charge in [-0.15, -0.1) is 0 Å². The zero-order valence-electron chi connectivity index (χ0n) is 17.4. The number of hydrogen-bond acceptors (Lipinski definition) is 5. The van der Waals surface area contributed by atoms with Crippen LogP contribution in [0.1, 0.15) is 24.5 Å². The van der Waals surface area contributed by atoms with Crippen molar-refractivity contribution in [2.45, 2.75) is 37.6 Å². The number of rotatable bonds is 5. The van der Waals surface area contributed by atoms with Crippen molar-refractivity contribution in [1.82, 2.24) is 14.5 Å². The molecule has 4 rings (SSSR count). The zero-order chi connectivity index (χ0) is 21.4. The van der Waals surface area contributed by atoms with E-state index in [1.807, 2.05) is 63.2 Å². The highest BCUT2D eigenvalue weighted by atomic mass is 32.2. The third-order valence-electron chi connectivity index (χ3n) is 5.39. The van der Waals surface area contributed by atoms with Gasteiger partial charge in [-0.25, -0.2) is 4.98 Å². The van der Waals surface area contributed by atoms with Gasteiger partial charge in [0.05, 0.1) is 12.8 Å². The minimum atomic E-state index is -0.457. The van der Waals surface area contributed by atoms with E-state index in [-0.39, 0.29) is 11.5 Å². The third-order valence-corrected chi connectivity index (χ3v) is 6.69. The summed E-state index contributed by atoms with van der Waals surface area (Å²) < 4.78 is 6.56. The van der Waals surface area contributed by atoms with Gasteiger partial charge >= 0.3 is 5.97 Å². The van der Waals surface area contributed by atoms with Crippen LogP contribution in [0.15, 0.2) is 52.4 Å². The van der Waals surface area contributed by atoms with Crippen LogP contribution >= 0.6 is 11.8 Å². The molecule has 0 saturated heterocycles. The summed E-state index contributed by atoms with van der Waals surface area (Å²) in [4.78, 5) is 34.0. The second-order valence-electron chi connectivity index (χ2n) is 7.19. The largest absolute Gasteiger partial charge is 0.468 e. The van der Waals surface area contributed by atoms with Gasteiger partial charge in [0.25, 0.3) is 5.56 Å². The summed E-state index contributed by atoms with van der Waals surface area (Å²) in [5.41, 5.74) is 4.55. The van der Waals surface area contributed by atoms with Gasteiger partial charge in [0.15, 0.2) is 5.16 Å². The minimum Gasteiger partial charge on any atom is -0.468 e. The molecule has 0 aliphatic carbocycles. The number of aromatic amines is 1. The number of aromatic nitrogens is 3. The maximum atomic E-state index is 13.7. The fraction of sp³-hybridized carbons (Fsp3) is 0.261. The van der Waals surface area contributed by atoms with Crippen LogP contribution in [-0.2, 0) is 9.53 Å². The average molecular weight is 422 g/mol. The summed E-state index contributed by atoms with van der Waals surface area (Å²) in [5.74, 6) is -0.330. The third kappa shape index (κ3) is 3.29. The van der Waals surface area contributed by atoms with Gasteiger partial charge in [0, 0.05) is 10.9 Å². The highest BCUT2D eigenvalue weighted by Gasteiger charge is 2.24. The van der Waals surface area contributed by atoms with Crippen molar-refractivity contribution in [3.63, 3.8) is 0 Å². The van der Waals surface area contributed by atoms with Crippen LogP contribution in [0.2, 0.25) is 0 Å². The van der Waals surface area contributed by atoms with Gasteiger partial charge < -0.3 is 9.72 Å². The van der Waals surface area contributed by atoms with Crippen LogP contribution in [0.25, 0.3) is 27.6 Å². The second kappa shape index (κ2) is 7.99. The molecular weight excluding hydrogens is 398 g/mol. The molecule has 4 aromatic rings. The van der Waals surface area contributed by atoms with E-state index >= 15 is 0 Å². The number of carbonyl (C=O) groups is 1. The summed E-state index contributed by atoms with van der Waals surface area (Å²) in [6, 6.07) is 13.5. The lowest BCUT2D eigenvalue weighted by Crippen LogP contribution is -2.25. The van der Waals surface area contributed by atoms with Gasteiger partial charge in [-0.1, -0.05) is 49.0 Å². The van der Waals surface area contributed by atoms with Crippen LogP contribution < -0.4 is 5.56 Å². The van der Waals surface area contributed by atoms with E-state index in [0.29, 0.717) is 22.6 Å². The van der Waals surface area contributed by atoms with Gasteiger partial charge in [-0.2, -0.15) is 0 Å². The molecule has 7 heteroatoms. The topological polar surface area (TPSA) is 77.0 Å². The Kier molecular flexibility index (Phi) is 5.39. The molecule has 0 fully saturated rings. The van der Waals surface area contributed by atoms with Crippen LogP contribution in [0.4, 0.5) is 0 Å². The van der Waals surface area contributed by atoms with Crippen molar-refractivity contribution < 1.29 is 9.53 Å². The Balaban J connectivity index is 2.05. The summed E-state index contributed by atoms with van der Waals surface area (Å²) in [7, 11) is 1.37. The van der Waals surface area contributed by atoms with Gasteiger partial charge in [0.1, 0.15) is 16.3 Å². The first-order chi connectivity index (χ1) is 14.5. The molecule has 2 aromatic heterocycles. The molecule has 0 bridgehead atoms. The Morgan fingerprint density at radius 1 is 1.20 bits per heavy atom. The molecule has 30 heavy (non-hydrogen) atoms. The number of aryl methyl sites for hydroxylation is 1. The summed E-state index contributed by atoms with van der Waals surface area (Å²) >= 11 is 1.26. The number of benzene rings is 2. The summed E-state index contributed by atoms with van der Waals surface area (Å²) in [6.07, 6.45) is 0.561. The first kappa shape index (κ1) is 20.2. The molecule has 0 aliphatic rings. The molecule has 0 saturated carbocycles. The normalized spacial score (nSPS) is 12.4. The molecule has 0 amide bonds. The second-order valence-corrected chi connectivity index (χ2v) is 8.36. The fourth-order valence-electron chi connectivity index (χ4n) is 3.57. The number of carbonyl (C=O) groups excluding carboxylic acids is 1. The van der Waals surface area contributed by atoms with E-state index in [1.54, 1.807) is 4.57 Å².